The Balaban J connectivity index is 1.59. The third-order valence-corrected chi connectivity index (χ3v) is 5.72. The SMILES string of the molecule is COc1ccc(/C=C2\SC(=S)N(Cc3nc4ccccc4[nH]3)C2=O)c(OC)c1. The molecule has 1 saturated heterocycles. The van der Waals surface area contributed by atoms with Gasteiger partial charge in [0, 0.05) is 11.6 Å². The monoisotopic (exact) mass is 411 g/mol. The second-order valence-electron chi connectivity index (χ2n) is 6.08. The Labute approximate surface area is 171 Å². The van der Waals surface area contributed by atoms with Gasteiger partial charge in [-0.2, -0.15) is 0 Å². The van der Waals surface area contributed by atoms with Crippen LogP contribution in [0.4, 0.5) is 0 Å². The first-order valence-corrected chi connectivity index (χ1v) is 9.72. The number of para-hydroxylation sites is 2. The molecule has 28 heavy (non-hydrogen) atoms. The number of imidazole rings is 1. The van der Waals surface area contributed by atoms with E-state index in [1.807, 2.05) is 36.4 Å². The molecule has 0 saturated carbocycles. The summed E-state index contributed by atoms with van der Waals surface area (Å²) in [6.45, 7) is 0.302. The molecule has 3 aromatic rings. The first-order valence-electron chi connectivity index (χ1n) is 8.50. The van der Waals surface area contributed by atoms with Crippen LogP contribution in [0.15, 0.2) is 47.4 Å². The number of thioether (sulfide) groups is 1. The second kappa shape index (κ2) is 7.65. The van der Waals surface area contributed by atoms with E-state index in [1.165, 1.54) is 11.8 Å². The number of rotatable bonds is 5. The van der Waals surface area contributed by atoms with E-state index >= 15 is 0 Å². The highest BCUT2D eigenvalue weighted by Crippen LogP contribution is 2.35. The van der Waals surface area contributed by atoms with Crippen molar-refractivity contribution in [2.45, 2.75) is 6.54 Å². The van der Waals surface area contributed by atoms with Gasteiger partial charge in [-0.1, -0.05) is 36.1 Å². The smallest absolute Gasteiger partial charge is 0.266 e. The zero-order valence-electron chi connectivity index (χ0n) is 15.3. The number of nitrogens with one attached hydrogen (secondary N) is 1. The molecule has 6 nitrogen and oxygen atoms in total. The van der Waals surface area contributed by atoms with E-state index in [4.69, 9.17) is 21.7 Å². The topological polar surface area (TPSA) is 67.5 Å². The van der Waals surface area contributed by atoms with Crippen LogP contribution >= 0.6 is 24.0 Å². The number of H-pyrrole nitrogens is 1. The van der Waals surface area contributed by atoms with Crippen molar-refractivity contribution >= 4 is 51.3 Å². The number of ether oxygens (including phenoxy) is 2. The summed E-state index contributed by atoms with van der Waals surface area (Å²) in [4.78, 5) is 22.8. The largest absolute Gasteiger partial charge is 0.497 e. The molecular weight excluding hydrogens is 394 g/mol. The minimum Gasteiger partial charge on any atom is -0.497 e. The predicted octanol–water partition coefficient (Wildman–Crippen LogP) is 3.98. The Morgan fingerprint density at radius 1 is 1.21 bits per heavy atom. The van der Waals surface area contributed by atoms with Crippen molar-refractivity contribution in [1.82, 2.24) is 14.9 Å². The van der Waals surface area contributed by atoms with Crippen LogP contribution in [0.3, 0.4) is 0 Å². The van der Waals surface area contributed by atoms with Crippen molar-refractivity contribution in [2.24, 2.45) is 0 Å². The third kappa shape index (κ3) is 3.48. The van der Waals surface area contributed by atoms with E-state index < -0.39 is 0 Å². The number of hydrogen-bond donors (Lipinski definition) is 1. The van der Waals surface area contributed by atoms with Crippen LogP contribution < -0.4 is 9.47 Å². The van der Waals surface area contributed by atoms with E-state index in [9.17, 15) is 4.79 Å². The second-order valence-corrected chi connectivity index (χ2v) is 7.75. The maximum atomic E-state index is 12.9. The van der Waals surface area contributed by atoms with Crippen LogP contribution in [0.2, 0.25) is 0 Å². The molecule has 2 aromatic carbocycles. The maximum Gasteiger partial charge on any atom is 0.266 e. The number of carbonyl (C=O) groups is 1. The van der Waals surface area contributed by atoms with Gasteiger partial charge in [0.2, 0.25) is 0 Å². The molecule has 0 unspecified atom stereocenters. The average molecular weight is 412 g/mol. The van der Waals surface area contributed by atoms with Crippen molar-refractivity contribution in [3.05, 3.63) is 58.8 Å². The van der Waals surface area contributed by atoms with Crippen molar-refractivity contribution < 1.29 is 14.3 Å². The van der Waals surface area contributed by atoms with Crippen molar-refractivity contribution in [2.75, 3.05) is 14.2 Å². The minimum atomic E-state index is -0.145. The highest BCUT2D eigenvalue weighted by molar-refractivity contribution is 8.26. The molecule has 0 bridgehead atoms. The number of amides is 1. The molecule has 0 spiro atoms. The number of fused-ring (bicyclic) bond motifs is 1. The van der Waals surface area contributed by atoms with Gasteiger partial charge in [-0.15, -0.1) is 0 Å². The fourth-order valence-corrected chi connectivity index (χ4v) is 4.19. The summed E-state index contributed by atoms with van der Waals surface area (Å²) in [7, 11) is 3.18. The lowest BCUT2D eigenvalue weighted by Gasteiger charge is -2.12. The van der Waals surface area contributed by atoms with Crippen LogP contribution in [-0.4, -0.2) is 39.3 Å². The van der Waals surface area contributed by atoms with Crippen LogP contribution in [-0.2, 0) is 11.3 Å². The van der Waals surface area contributed by atoms with Gasteiger partial charge in [-0.3, -0.25) is 9.69 Å². The van der Waals surface area contributed by atoms with Gasteiger partial charge in [0.05, 0.1) is 36.7 Å². The number of methoxy groups -OCH3 is 2. The highest BCUT2D eigenvalue weighted by atomic mass is 32.2. The Kier molecular flexibility index (Phi) is 5.06. The fraction of sp³-hybridized carbons (Fsp3) is 0.150. The number of thiocarbonyl (C=S) groups is 1. The van der Waals surface area contributed by atoms with Gasteiger partial charge >= 0.3 is 0 Å². The molecule has 4 rings (SSSR count). The molecule has 1 N–H and O–H groups in total. The zero-order valence-corrected chi connectivity index (χ0v) is 16.9. The molecule has 8 heteroatoms. The van der Waals surface area contributed by atoms with Gasteiger partial charge in [-0.05, 0) is 30.3 Å². The van der Waals surface area contributed by atoms with Crippen LogP contribution in [0.5, 0.6) is 11.5 Å². The first kappa shape index (κ1) is 18.5. The zero-order chi connectivity index (χ0) is 19.7. The Morgan fingerprint density at radius 3 is 2.79 bits per heavy atom. The Bertz CT molecular complexity index is 1070. The van der Waals surface area contributed by atoms with E-state index in [2.05, 4.69) is 9.97 Å². The standard InChI is InChI=1S/C20H17N3O3S2/c1-25-13-8-7-12(16(10-13)26-2)9-17-19(24)23(20(27)28-17)11-18-21-14-5-3-4-6-15(14)22-18/h3-10H,11H2,1-2H3,(H,21,22)/b17-9-. The lowest BCUT2D eigenvalue weighted by molar-refractivity contribution is -0.122. The summed E-state index contributed by atoms with van der Waals surface area (Å²) in [6.07, 6.45) is 1.79. The van der Waals surface area contributed by atoms with E-state index in [1.54, 1.807) is 31.3 Å². The molecule has 0 atom stereocenters. The lowest BCUT2D eigenvalue weighted by Crippen LogP contribution is -2.27. The molecular formula is C20H17N3O3S2. The number of carbonyl (C=O) groups excluding carboxylic acids is 1. The molecule has 0 aliphatic carbocycles. The molecule has 1 fully saturated rings. The number of benzene rings is 2. The van der Waals surface area contributed by atoms with E-state index in [0.717, 1.165) is 16.6 Å². The summed E-state index contributed by atoms with van der Waals surface area (Å²) in [6, 6.07) is 13.2. The first-order chi connectivity index (χ1) is 13.6. The lowest BCUT2D eigenvalue weighted by atomic mass is 10.1. The summed E-state index contributed by atoms with van der Waals surface area (Å²) in [5.41, 5.74) is 2.58. The molecule has 142 valence electrons. The quantitative estimate of drug-likeness (QED) is 0.506. The number of aromatic amines is 1. The number of aromatic nitrogens is 2. The highest BCUT2D eigenvalue weighted by Gasteiger charge is 2.33. The fourth-order valence-electron chi connectivity index (χ4n) is 2.95. The summed E-state index contributed by atoms with van der Waals surface area (Å²) in [5.74, 6) is 1.86. The minimum absolute atomic E-state index is 0.145. The van der Waals surface area contributed by atoms with Crippen LogP contribution in [0.1, 0.15) is 11.4 Å². The molecule has 0 radical (unpaired) electrons. The summed E-state index contributed by atoms with van der Waals surface area (Å²) in [5, 5.41) is 0. The van der Waals surface area contributed by atoms with Crippen molar-refractivity contribution in [3.63, 3.8) is 0 Å². The van der Waals surface area contributed by atoms with Crippen molar-refractivity contribution in [3.8, 4) is 11.5 Å². The number of hydrogen-bond acceptors (Lipinski definition) is 6. The van der Waals surface area contributed by atoms with Gasteiger partial charge in [-0.25, -0.2) is 4.98 Å². The third-order valence-electron chi connectivity index (χ3n) is 4.35. The van der Waals surface area contributed by atoms with Gasteiger partial charge in [0.25, 0.3) is 5.91 Å². The normalized spacial score (nSPS) is 15.6. The molecule has 1 aromatic heterocycles. The van der Waals surface area contributed by atoms with Crippen LogP contribution in [0, 0.1) is 0 Å². The van der Waals surface area contributed by atoms with Gasteiger partial charge in [0.15, 0.2) is 0 Å². The van der Waals surface area contributed by atoms with E-state index in [-0.39, 0.29) is 5.91 Å². The number of nitrogens with zero attached hydrogens (tertiary/aromatic N) is 2. The summed E-state index contributed by atoms with van der Waals surface area (Å²) < 4.78 is 11.1. The summed E-state index contributed by atoms with van der Waals surface area (Å²) >= 11 is 6.70. The Hall–Kier alpha value is -2.84. The van der Waals surface area contributed by atoms with Gasteiger partial charge in [0.1, 0.15) is 21.6 Å². The molecule has 1 amide bonds. The van der Waals surface area contributed by atoms with Crippen molar-refractivity contribution in [1.29, 1.82) is 0 Å². The average Bonchev–Trinajstić information content (AvgIpc) is 3.24. The Morgan fingerprint density at radius 2 is 2.04 bits per heavy atom. The van der Waals surface area contributed by atoms with Crippen LogP contribution in [0.25, 0.3) is 17.1 Å². The molecule has 1 aliphatic rings. The van der Waals surface area contributed by atoms with E-state index in [0.29, 0.717) is 33.1 Å². The maximum absolute atomic E-state index is 12.9. The van der Waals surface area contributed by atoms with Gasteiger partial charge < -0.3 is 14.5 Å². The molecule has 1 aliphatic heterocycles. The predicted molar refractivity (Wildman–Crippen MR) is 114 cm³/mol. The molecule has 2 heterocycles.